The molecule has 4 aromatic rings. The van der Waals surface area contributed by atoms with Gasteiger partial charge in [0.25, 0.3) is 5.91 Å². The Morgan fingerprint density at radius 3 is 2.74 bits per heavy atom. The van der Waals surface area contributed by atoms with E-state index in [2.05, 4.69) is 20.4 Å². The molecule has 0 atom stereocenters. The van der Waals surface area contributed by atoms with Gasteiger partial charge in [0.1, 0.15) is 10.6 Å². The number of nitrogens with zero attached hydrogens (tertiary/aromatic N) is 5. The van der Waals surface area contributed by atoms with Crippen molar-refractivity contribution in [3.05, 3.63) is 59.8 Å². The molecule has 0 fully saturated rings. The van der Waals surface area contributed by atoms with Crippen molar-refractivity contribution in [1.82, 2.24) is 19.6 Å². The van der Waals surface area contributed by atoms with Crippen LogP contribution in [0.15, 0.2) is 43.0 Å². The van der Waals surface area contributed by atoms with Crippen LogP contribution in [0.25, 0.3) is 15.3 Å². The van der Waals surface area contributed by atoms with E-state index in [1.165, 1.54) is 30.8 Å². The molecule has 1 amide bonds. The van der Waals surface area contributed by atoms with Gasteiger partial charge in [-0.1, -0.05) is 0 Å². The molecule has 4 aromatic heterocycles. The number of nitrogens with one attached hydrogen (secondary N) is 1. The molecule has 0 radical (unpaired) electrons. The van der Waals surface area contributed by atoms with Crippen molar-refractivity contribution in [3.8, 4) is 10.4 Å². The SMILES string of the molecule is COC(=O)c1cnc(C)c(NC(=O)c2cnn3cc(-c4ccnc(N(C)C)c4)sc23)c1. The molecule has 158 valence electrons. The molecule has 4 rings (SSSR count). The van der Waals surface area contributed by atoms with Crippen molar-refractivity contribution in [2.75, 3.05) is 31.4 Å². The van der Waals surface area contributed by atoms with Crippen molar-refractivity contribution in [2.24, 2.45) is 0 Å². The molecule has 4 heterocycles. The fraction of sp³-hybridized carbons (Fsp3) is 0.190. The Hall–Kier alpha value is -3.79. The number of hydrogen-bond acceptors (Lipinski definition) is 8. The zero-order valence-electron chi connectivity index (χ0n) is 17.4. The van der Waals surface area contributed by atoms with Gasteiger partial charge in [-0.15, -0.1) is 11.3 Å². The number of carbonyl (C=O) groups is 2. The maximum atomic E-state index is 13.0. The lowest BCUT2D eigenvalue weighted by Crippen LogP contribution is -2.14. The zero-order chi connectivity index (χ0) is 22.1. The van der Waals surface area contributed by atoms with Crippen molar-refractivity contribution < 1.29 is 14.3 Å². The van der Waals surface area contributed by atoms with Crippen LogP contribution in [0.2, 0.25) is 0 Å². The minimum Gasteiger partial charge on any atom is -0.465 e. The number of rotatable bonds is 5. The normalized spacial score (nSPS) is 10.8. The number of esters is 1. The summed E-state index contributed by atoms with van der Waals surface area (Å²) < 4.78 is 6.40. The monoisotopic (exact) mass is 436 g/mol. The summed E-state index contributed by atoms with van der Waals surface area (Å²) in [6, 6.07) is 5.45. The summed E-state index contributed by atoms with van der Waals surface area (Å²) in [6.45, 7) is 1.75. The molecule has 1 N–H and O–H groups in total. The average Bonchev–Trinajstić information content (AvgIpc) is 3.35. The average molecular weight is 436 g/mol. The number of aryl methyl sites for hydroxylation is 1. The molecule has 0 saturated carbocycles. The van der Waals surface area contributed by atoms with E-state index in [-0.39, 0.29) is 11.5 Å². The van der Waals surface area contributed by atoms with Crippen LogP contribution in [0.1, 0.15) is 26.4 Å². The number of aromatic nitrogens is 4. The highest BCUT2D eigenvalue weighted by Crippen LogP contribution is 2.32. The second-order valence-corrected chi connectivity index (χ2v) is 8.03. The standard InChI is InChI=1S/C21H20N6O3S/c1-12-16(7-14(9-23-12)21(29)30-4)25-19(28)15-10-24-27-11-17(31-20(15)27)13-5-6-22-18(8-13)26(2)3/h5-11H,1-4H3,(H,25,28). The van der Waals surface area contributed by atoms with Gasteiger partial charge in [-0.2, -0.15) is 5.10 Å². The quantitative estimate of drug-likeness (QED) is 0.479. The van der Waals surface area contributed by atoms with Gasteiger partial charge in [0.05, 0.1) is 40.7 Å². The maximum absolute atomic E-state index is 13.0. The van der Waals surface area contributed by atoms with Crippen molar-refractivity contribution in [3.63, 3.8) is 0 Å². The number of anilines is 2. The van der Waals surface area contributed by atoms with E-state index in [4.69, 9.17) is 4.74 Å². The first-order valence-electron chi connectivity index (χ1n) is 9.34. The van der Waals surface area contributed by atoms with Crippen LogP contribution in [0.4, 0.5) is 11.5 Å². The van der Waals surface area contributed by atoms with Gasteiger partial charge in [-0.05, 0) is 30.7 Å². The first-order valence-corrected chi connectivity index (χ1v) is 10.2. The molecule has 0 aliphatic carbocycles. The van der Waals surface area contributed by atoms with E-state index in [1.54, 1.807) is 23.7 Å². The first kappa shape index (κ1) is 20.5. The fourth-order valence-corrected chi connectivity index (χ4v) is 4.02. The van der Waals surface area contributed by atoms with Crippen LogP contribution in [0, 0.1) is 6.92 Å². The second-order valence-electron chi connectivity index (χ2n) is 7.00. The summed E-state index contributed by atoms with van der Waals surface area (Å²) in [4.78, 5) is 36.9. The predicted octanol–water partition coefficient (Wildman–Crippen LogP) is 3.27. The number of fused-ring (bicyclic) bond motifs is 1. The number of hydrogen-bond donors (Lipinski definition) is 1. The lowest BCUT2D eigenvalue weighted by molar-refractivity contribution is 0.0600. The minimum absolute atomic E-state index is 0.261. The van der Waals surface area contributed by atoms with Gasteiger partial charge in [0.15, 0.2) is 0 Å². The summed E-state index contributed by atoms with van der Waals surface area (Å²) >= 11 is 1.46. The molecule has 0 aliphatic rings. The maximum Gasteiger partial charge on any atom is 0.339 e. The van der Waals surface area contributed by atoms with Crippen LogP contribution in [-0.4, -0.2) is 52.7 Å². The van der Waals surface area contributed by atoms with Crippen molar-refractivity contribution in [1.29, 1.82) is 0 Å². The smallest absolute Gasteiger partial charge is 0.339 e. The Kier molecular flexibility index (Phi) is 5.38. The van der Waals surface area contributed by atoms with Gasteiger partial charge >= 0.3 is 5.97 Å². The molecule has 9 nitrogen and oxygen atoms in total. The Labute approximate surface area is 182 Å². The van der Waals surface area contributed by atoms with E-state index >= 15 is 0 Å². The summed E-state index contributed by atoms with van der Waals surface area (Å²) in [5, 5.41) is 7.14. The number of pyridine rings is 2. The molecular formula is C21H20N6O3S. The largest absolute Gasteiger partial charge is 0.465 e. The second kappa shape index (κ2) is 8.15. The van der Waals surface area contributed by atoms with Crippen LogP contribution < -0.4 is 10.2 Å². The van der Waals surface area contributed by atoms with E-state index in [1.807, 2.05) is 37.3 Å². The summed E-state index contributed by atoms with van der Waals surface area (Å²) in [7, 11) is 5.16. The van der Waals surface area contributed by atoms with Crippen LogP contribution in [0.5, 0.6) is 0 Å². The van der Waals surface area contributed by atoms with E-state index < -0.39 is 5.97 Å². The van der Waals surface area contributed by atoms with Crippen LogP contribution in [-0.2, 0) is 4.74 Å². The molecular weight excluding hydrogens is 416 g/mol. The topological polar surface area (TPSA) is 102 Å². The number of methoxy groups -OCH3 is 1. The third kappa shape index (κ3) is 3.97. The summed E-state index contributed by atoms with van der Waals surface area (Å²) in [6.07, 6.45) is 6.58. The van der Waals surface area contributed by atoms with E-state index in [9.17, 15) is 9.59 Å². The lowest BCUT2D eigenvalue weighted by Gasteiger charge is -2.11. The highest BCUT2D eigenvalue weighted by atomic mass is 32.1. The van der Waals surface area contributed by atoms with Gasteiger partial charge in [-0.25, -0.2) is 14.3 Å². The van der Waals surface area contributed by atoms with E-state index in [0.29, 0.717) is 21.8 Å². The molecule has 0 aromatic carbocycles. The van der Waals surface area contributed by atoms with Crippen LogP contribution >= 0.6 is 11.3 Å². The summed E-state index contributed by atoms with van der Waals surface area (Å²) in [5.74, 6) is -0.0118. The number of ether oxygens (including phenoxy) is 1. The molecule has 0 saturated heterocycles. The number of amides is 1. The zero-order valence-corrected chi connectivity index (χ0v) is 18.2. The third-order valence-electron chi connectivity index (χ3n) is 4.68. The third-order valence-corrected chi connectivity index (χ3v) is 5.85. The van der Waals surface area contributed by atoms with E-state index in [0.717, 1.165) is 16.3 Å². The first-order chi connectivity index (χ1) is 14.9. The Balaban J connectivity index is 1.64. The Morgan fingerprint density at radius 2 is 2.00 bits per heavy atom. The molecule has 0 bridgehead atoms. The Bertz CT molecular complexity index is 1290. The lowest BCUT2D eigenvalue weighted by atomic mass is 10.2. The van der Waals surface area contributed by atoms with Crippen LogP contribution in [0.3, 0.4) is 0 Å². The Morgan fingerprint density at radius 1 is 1.19 bits per heavy atom. The van der Waals surface area contributed by atoms with Gasteiger partial charge in [-0.3, -0.25) is 9.78 Å². The van der Waals surface area contributed by atoms with Gasteiger partial charge in [0, 0.05) is 32.7 Å². The number of thiazole rings is 1. The molecule has 31 heavy (non-hydrogen) atoms. The van der Waals surface area contributed by atoms with Crippen molar-refractivity contribution >= 4 is 39.5 Å². The van der Waals surface area contributed by atoms with Gasteiger partial charge < -0.3 is 15.0 Å². The molecule has 0 unspecified atom stereocenters. The minimum atomic E-state index is -0.520. The molecule has 0 aliphatic heterocycles. The highest BCUT2D eigenvalue weighted by Gasteiger charge is 2.18. The van der Waals surface area contributed by atoms with Gasteiger partial charge in [0.2, 0.25) is 0 Å². The fourth-order valence-electron chi connectivity index (χ4n) is 2.97. The summed E-state index contributed by atoms with van der Waals surface area (Å²) in [5.41, 5.74) is 2.71. The molecule has 10 heteroatoms. The van der Waals surface area contributed by atoms with Crippen molar-refractivity contribution in [2.45, 2.75) is 6.92 Å². The predicted molar refractivity (Wildman–Crippen MR) is 119 cm³/mol. The number of carbonyl (C=O) groups excluding carboxylic acids is 2. The highest BCUT2D eigenvalue weighted by molar-refractivity contribution is 7.21. The molecule has 0 spiro atoms.